The van der Waals surface area contributed by atoms with Crippen molar-refractivity contribution >= 4 is 23.3 Å². The van der Waals surface area contributed by atoms with Crippen molar-refractivity contribution in [3.63, 3.8) is 0 Å². The second-order valence-electron chi connectivity index (χ2n) is 7.04. The predicted octanol–water partition coefficient (Wildman–Crippen LogP) is 3.74. The molecule has 3 aromatic rings. The number of nitrogens with zero attached hydrogens (tertiary/aromatic N) is 2. The summed E-state index contributed by atoms with van der Waals surface area (Å²) in [5.74, 6) is 0.368. The molecule has 2 aromatic heterocycles. The van der Waals surface area contributed by atoms with Gasteiger partial charge >= 0.3 is 11.8 Å². The van der Waals surface area contributed by atoms with Crippen LogP contribution in [0, 0.1) is 0 Å². The molecular weight excluding hydrogens is 360 g/mol. The minimum absolute atomic E-state index is 0.186. The Bertz CT molecular complexity index is 960. The number of aromatic nitrogens is 2. The smallest absolute Gasteiger partial charge is 0.315 e. The van der Waals surface area contributed by atoms with Crippen molar-refractivity contribution in [2.45, 2.75) is 26.2 Å². The Morgan fingerprint density at radius 1 is 0.929 bits per heavy atom. The number of ether oxygens (including phenoxy) is 1. The van der Waals surface area contributed by atoms with Gasteiger partial charge in [-0.15, -0.1) is 0 Å². The number of anilines is 2. The van der Waals surface area contributed by atoms with Crippen LogP contribution < -0.4 is 15.4 Å². The molecule has 0 spiro atoms. The first-order valence-electron chi connectivity index (χ1n) is 8.59. The van der Waals surface area contributed by atoms with E-state index in [1.807, 2.05) is 20.8 Å². The Morgan fingerprint density at radius 2 is 1.54 bits per heavy atom. The van der Waals surface area contributed by atoms with Gasteiger partial charge in [0.2, 0.25) is 0 Å². The molecule has 2 N–H and O–H groups in total. The van der Waals surface area contributed by atoms with E-state index in [4.69, 9.17) is 9.26 Å². The van der Waals surface area contributed by atoms with Gasteiger partial charge in [0, 0.05) is 29.6 Å². The second-order valence-corrected chi connectivity index (χ2v) is 7.04. The summed E-state index contributed by atoms with van der Waals surface area (Å²) in [5.41, 5.74) is 0.205. The third-order valence-electron chi connectivity index (χ3n) is 3.69. The van der Waals surface area contributed by atoms with E-state index in [1.54, 1.807) is 54.9 Å². The molecule has 2 amide bonds. The highest BCUT2D eigenvalue weighted by Crippen LogP contribution is 2.24. The number of hydrogen-bond donors (Lipinski definition) is 2. The van der Waals surface area contributed by atoms with Crippen LogP contribution in [0.2, 0.25) is 0 Å². The number of pyridine rings is 1. The van der Waals surface area contributed by atoms with Gasteiger partial charge < -0.3 is 14.6 Å². The molecule has 0 saturated heterocycles. The molecule has 0 atom stereocenters. The van der Waals surface area contributed by atoms with E-state index in [2.05, 4.69) is 20.8 Å². The Balaban J connectivity index is 1.56. The lowest BCUT2D eigenvalue weighted by molar-refractivity contribution is -0.133. The van der Waals surface area contributed by atoms with E-state index in [-0.39, 0.29) is 11.2 Å². The monoisotopic (exact) mass is 380 g/mol. The minimum Gasteiger partial charge on any atom is -0.457 e. The van der Waals surface area contributed by atoms with Crippen LogP contribution >= 0.6 is 0 Å². The van der Waals surface area contributed by atoms with Gasteiger partial charge in [-0.05, 0) is 36.4 Å². The second kappa shape index (κ2) is 7.91. The van der Waals surface area contributed by atoms with Crippen LogP contribution in [0.1, 0.15) is 26.5 Å². The van der Waals surface area contributed by atoms with E-state index in [0.717, 1.165) is 0 Å². The topological polar surface area (TPSA) is 106 Å². The lowest BCUT2D eigenvalue weighted by atomic mass is 9.93. The van der Waals surface area contributed by atoms with Crippen molar-refractivity contribution < 1.29 is 18.8 Å². The maximum absolute atomic E-state index is 12.1. The number of carbonyl (C=O) groups excluding carboxylic acids is 2. The predicted molar refractivity (Wildman–Crippen MR) is 103 cm³/mol. The zero-order valence-electron chi connectivity index (χ0n) is 15.7. The van der Waals surface area contributed by atoms with Crippen molar-refractivity contribution in [1.82, 2.24) is 10.1 Å². The van der Waals surface area contributed by atoms with Gasteiger partial charge in [0.1, 0.15) is 17.3 Å². The van der Waals surface area contributed by atoms with Crippen LogP contribution in [-0.4, -0.2) is 22.0 Å². The molecule has 1 aromatic carbocycles. The molecule has 0 aliphatic rings. The van der Waals surface area contributed by atoms with E-state index in [1.165, 1.54) is 0 Å². The van der Waals surface area contributed by atoms with Gasteiger partial charge in [0.25, 0.3) is 0 Å². The Labute approximate surface area is 161 Å². The highest BCUT2D eigenvalue weighted by Gasteiger charge is 2.22. The molecular formula is C20H20N4O4. The fourth-order valence-electron chi connectivity index (χ4n) is 2.20. The number of amides is 2. The molecule has 0 aliphatic heterocycles. The molecule has 144 valence electrons. The van der Waals surface area contributed by atoms with Crippen LogP contribution in [0.25, 0.3) is 0 Å². The van der Waals surface area contributed by atoms with Crippen LogP contribution in [0.4, 0.5) is 11.5 Å². The van der Waals surface area contributed by atoms with Crippen molar-refractivity contribution in [1.29, 1.82) is 0 Å². The van der Waals surface area contributed by atoms with E-state index in [0.29, 0.717) is 22.9 Å². The molecule has 0 bridgehead atoms. The maximum Gasteiger partial charge on any atom is 0.315 e. The highest BCUT2D eigenvalue weighted by atomic mass is 16.5. The van der Waals surface area contributed by atoms with Crippen LogP contribution in [0.5, 0.6) is 11.5 Å². The fraction of sp³-hybridized carbons (Fsp3) is 0.200. The molecule has 0 saturated carbocycles. The standard InChI is InChI=1S/C20H20N4O4/c1-20(2,3)16-12-17(24-28-16)23-19(26)18(25)22-13-4-6-14(7-5-13)27-15-8-10-21-11-9-15/h4-12H,1-3H3,(H,22,25)(H,23,24,26). The third-order valence-corrected chi connectivity index (χ3v) is 3.69. The SMILES string of the molecule is CC(C)(C)c1cc(NC(=O)C(=O)Nc2ccc(Oc3ccncc3)cc2)no1. The van der Waals surface area contributed by atoms with Gasteiger partial charge in [0.05, 0.1) is 0 Å². The van der Waals surface area contributed by atoms with Crippen LogP contribution in [0.3, 0.4) is 0 Å². The van der Waals surface area contributed by atoms with Gasteiger partial charge in [-0.25, -0.2) is 0 Å². The Morgan fingerprint density at radius 3 is 2.14 bits per heavy atom. The Hall–Kier alpha value is -3.68. The van der Waals surface area contributed by atoms with Crippen molar-refractivity contribution in [2.75, 3.05) is 10.6 Å². The summed E-state index contributed by atoms with van der Waals surface area (Å²) in [6.45, 7) is 5.86. The summed E-state index contributed by atoms with van der Waals surface area (Å²) in [4.78, 5) is 28.0. The molecule has 8 heteroatoms. The normalized spacial score (nSPS) is 11.0. The number of benzene rings is 1. The minimum atomic E-state index is -0.842. The van der Waals surface area contributed by atoms with Crippen molar-refractivity contribution in [3.8, 4) is 11.5 Å². The van der Waals surface area contributed by atoms with Gasteiger partial charge in [-0.1, -0.05) is 25.9 Å². The molecule has 0 radical (unpaired) electrons. The summed E-state index contributed by atoms with van der Waals surface area (Å²) in [5, 5.41) is 8.68. The molecule has 0 fully saturated rings. The summed E-state index contributed by atoms with van der Waals surface area (Å²) in [7, 11) is 0. The summed E-state index contributed by atoms with van der Waals surface area (Å²) < 4.78 is 10.8. The number of carbonyl (C=O) groups is 2. The summed E-state index contributed by atoms with van der Waals surface area (Å²) >= 11 is 0. The first-order valence-corrected chi connectivity index (χ1v) is 8.59. The van der Waals surface area contributed by atoms with Gasteiger partial charge in [0.15, 0.2) is 5.82 Å². The first kappa shape index (κ1) is 19.1. The number of hydrogen-bond acceptors (Lipinski definition) is 6. The third kappa shape index (κ3) is 4.94. The average molecular weight is 380 g/mol. The van der Waals surface area contributed by atoms with Crippen LogP contribution in [0.15, 0.2) is 59.4 Å². The molecule has 2 heterocycles. The van der Waals surface area contributed by atoms with Gasteiger partial charge in [-0.3, -0.25) is 19.9 Å². The lowest BCUT2D eigenvalue weighted by Crippen LogP contribution is -2.29. The summed E-state index contributed by atoms with van der Waals surface area (Å²) in [6, 6.07) is 11.7. The van der Waals surface area contributed by atoms with Crippen molar-refractivity contribution in [2.24, 2.45) is 0 Å². The van der Waals surface area contributed by atoms with E-state index in [9.17, 15) is 9.59 Å². The molecule has 28 heavy (non-hydrogen) atoms. The zero-order chi connectivity index (χ0) is 20.1. The maximum atomic E-state index is 12.1. The molecule has 3 rings (SSSR count). The molecule has 0 aliphatic carbocycles. The molecule has 8 nitrogen and oxygen atoms in total. The molecule has 0 unspecified atom stereocenters. The van der Waals surface area contributed by atoms with E-state index < -0.39 is 11.8 Å². The van der Waals surface area contributed by atoms with Gasteiger partial charge in [-0.2, -0.15) is 0 Å². The zero-order valence-corrected chi connectivity index (χ0v) is 15.7. The quantitative estimate of drug-likeness (QED) is 0.668. The summed E-state index contributed by atoms with van der Waals surface area (Å²) in [6.07, 6.45) is 3.25. The Kier molecular flexibility index (Phi) is 5.39. The van der Waals surface area contributed by atoms with E-state index >= 15 is 0 Å². The lowest BCUT2D eigenvalue weighted by Gasteiger charge is -2.12. The number of rotatable bonds is 4. The van der Waals surface area contributed by atoms with Crippen LogP contribution in [-0.2, 0) is 15.0 Å². The van der Waals surface area contributed by atoms with Crippen molar-refractivity contribution in [3.05, 3.63) is 60.6 Å². The first-order chi connectivity index (χ1) is 13.3. The largest absolute Gasteiger partial charge is 0.457 e. The number of nitrogens with one attached hydrogen (secondary N) is 2. The average Bonchev–Trinajstić information content (AvgIpc) is 3.13. The fourth-order valence-corrected chi connectivity index (χ4v) is 2.20. The highest BCUT2D eigenvalue weighted by molar-refractivity contribution is 6.43.